The van der Waals surface area contributed by atoms with Crippen LogP contribution in [-0.4, -0.2) is 5.78 Å². The maximum Gasteiger partial charge on any atom is 0.133 e. The Morgan fingerprint density at radius 3 is 2.71 bits per heavy atom. The predicted octanol–water partition coefficient (Wildman–Crippen LogP) is 4.16. The number of benzene rings is 1. The first-order chi connectivity index (χ1) is 8.24. The molecule has 0 aliphatic heterocycles. The van der Waals surface area contributed by atoms with E-state index in [2.05, 4.69) is 43.3 Å². The average molecular weight is 228 g/mol. The number of rotatable bonds is 2. The predicted molar refractivity (Wildman–Crippen MR) is 71.8 cm³/mol. The first-order valence-corrected chi connectivity index (χ1v) is 6.50. The molecular weight excluding hydrogens is 208 g/mol. The van der Waals surface area contributed by atoms with Crippen LogP contribution < -0.4 is 0 Å². The number of hydrogen-bond donors (Lipinski definition) is 0. The number of hydrogen-bond acceptors (Lipinski definition) is 1. The van der Waals surface area contributed by atoms with Crippen molar-refractivity contribution in [2.45, 2.75) is 39.0 Å². The van der Waals surface area contributed by atoms with Crippen LogP contribution in [0.3, 0.4) is 0 Å². The number of allylic oxidation sites excluding steroid dienone is 1. The van der Waals surface area contributed by atoms with Crippen molar-refractivity contribution in [2.24, 2.45) is 5.92 Å². The highest BCUT2D eigenvalue weighted by atomic mass is 16.1. The van der Waals surface area contributed by atoms with Gasteiger partial charge in [0.25, 0.3) is 0 Å². The van der Waals surface area contributed by atoms with Crippen molar-refractivity contribution in [1.29, 1.82) is 0 Å². The normalized spacial score (nSPS) is 21.7. The van der Waals surface area contributed by atoms with Gasteiger partial charge in [-0.15, -0.1) is 0 Å². The molecule has 1 atom stereocenters. The summed E-state index contributed by atoms with van der Waals surface area (Å²) in [5.74, 6) is 0.882. The van der Waals surface area contributed by atoms with Gasteiger partial charge in [-0.05, 0) is 31.2 Å². The molecule has 0 aromatic heterocycles. The number of ketones is 1. The molecule has 90 valence electrons. The van der Waals surface area contributed by atoms with Crippen molar-refractivity contribution in [2.75, 3.05) is 0 Å². The SMILES string of the molecule is Cc1ccc(/C=C/[C@@H]2CCCCC(=O)C2)cc1. The number of aryl methyl sites for hydroxylation is 1. The van der Waals surface area contributed by atoms with Gasteiger partial charge >= 0.3 is 0 Å². The Balaban J connectivity index is 1.99. The van der Waals surface area contributed by atoms with Crippen LogP contribution in [0.5, 0.6) is 0 Å². The monoisotopic (exact) mass is 228 g/mol. The Labute approximate surface area is 104 Å². The van der Waals surface area contributed by atoms with Gasteiger partial charge in [0, 0.05) is 12.8 Å². The fourth-order valence-corrected chi connectivity index (χ4v) is 2.31. The smallest absolute Gasteiger partial charge is 0.133 e. The van der Waals surface area contributed by atoms with Crippen LogP contribution >= 0.6 is 0 Å². The van der Waals surface area contributed by atoms with Gasteiger partial charge in [-0.25, -0.2) is 0 Å². The third-order valence-corrected chi connectivity index (χ3v) is 3.41. The van der Waals surface area contributed by atoms with Gasteiger partial charge in [0.05, 0.1) is 0 Å². The van der Waals surface area contributed by atoms with Gasteiger partial charge < -0.3 is 0 Å². The summed E-state index contributed by atoms with van der Waals surface area (Å²) in [6.45, 7) is 2.09. The molecule has 0 radical (unpaired) electrons. The zero-order valence-electron chi connectivity index (χ0n) is 10.5. The van der Waals surface area contributed by atoms with Crippen molar-refractivity contribution in [3.8, 4) is 0 Å². The minimum absolute atomic E-state index is 0.432. The molecular formula is C16H20O. The summed E-state index contributed by atoms with van der Waals surface area (Å²) in [6, 6.07) is 8.50. The molecule has 0 spiro atoms. The third-order valence-electron chi connectivity index (χ3n) is 3.41. The van der Waals surface area contributed by atoms with Crippen LogP contribution in [0.4, 0.5) is 0 Å². The summed E-state index contributed by atoms with van der Waals surface area (Å²) in [5.41, 5.74) is 2.51. The molecule has 17 heavy (non-hydrogen) atoms. The first-order valence-electron chi connectivity index (χ1n) is 6.50. The average Bonchev–Trinajstić information content (AvgIpc) is 2.53. The molecule has 0 unspecified atom stereocenters. The lowest BCUT2D eigenvalue weighted by Crippen LogP contribution is -2.01. The minimum Gasteiger partial charge on any atom is -0.300 e. The second-order valence-corrected chi connectivity index (χ2v) is 5.02. The lowest BCUT2D eigenvalue weighted by Gasteiger charge is -2.06. The highest BCUT2D eigenvalue weighted by Crippen LogP contribution is 2.22. The number of carbonyl (C=O) groups is 1. The van der Waals surface area contributed by atoms with Crippen LogP contribution in [0.2, 0.25) is 0 Å². The van der Waals surface area contributed by atoms with Crippen LogP contribution in [0.1, 0.15) is 43.2 Å². The Morgan fingerprint density at radius 2 is 1.94 bits per heavy atom. The molecule has 2 rings (SSSR count). The first kappa shape index (κ1) is 12.1. The van der Waals surface area contributed by atoms with Crippen LogP contribution in [0, 0.1) is 12.8 Å². The summed E-state index contributed by atoms with van der Waals surface area (Å²) in [6.07, 6.45) is 9.32. The number of carbonyl (C=O) groups excluding carboxylic acids is 1. The maximum absolute atomic E-state index is 11.5. The van der Waals surface area contributed by atoms with Crippen LogP contribution in [0.15, 0.2) is 30.3 Å². The van der Waals surface area contributed by atoms with E-state index >= 15 is 0 Å². The third kappa shape index (κ3) is 3.85. The second kappa shape index (κ2) is 5.81. The molecule has 1 aromatic rings. The van der Waals surface area contributed by atoms with Gasteiger partial charge in [-0.1, -0.05) is 48.4 Å². The molecule has 1 aromatic carbocycles. The standard InChI is InChI=1S/C16H20O/c1-13-6-8-14(9-7-13)10-11-15-4-2-3-5-16(17)12-15/h6-11,15H,2-5,12H2,1H3/b11-10+/t15-/m0/s1. The lowest BCUT2D eigenvalue weighted by molar-refractivity contribution is -0.119. The molecule has 1 fully saturated rings. The van der Waals surface area contributed by atoms with Crippen molar-refractivity contribution < 1.29 is 4.79 Å². The van der Waals surface area contributed by atoms with Gasteiger partial charge in [-0.3, -0.25) is 4.79 Å². The van der Waals surface area contributed by atoms with Gasteiger partial charge in [-0.2, -0.15) is 0 Å². The van der Waals surface area contributed by atoms with E-state index in [0.717, 1.165) is 25.7 Å². The molecule has 1 heteroatoms. The van der Waals surface area contributed by atoms with E-state index < -0.39 is 0 Å². The summed E-state index contributed by atoms with van der Waals surface area (Å²) in [7, 11) is 0. The molecule has 0 saturated heterocycles. The summed E-state index contributed by atoms with van der Waals surface area (Å²) in [5, 5.41) is 0. The second-order valence-electron chi connectivity index (χ2n) is 5.02. The van der Waals surface area contributed by atoms with E-state index in [-0.39, 0.29) is 0 Å². The molecule has 1 aliphatic carbocycles. The fourth-order valence-electron chi connectivity index (χ4n) is 2.31. The summed E-state index contributed by atoms with van der Waals surface area (Å²) in [4.78, 5) is 11.5. The van der Waals surface area contributed by atoms with Crippen molar-refractivity contribution in [1.82, 2.24) is 0 Å². The van der Waals surface area contributed by atoms with Crippen LogP contribution in [0.25, 0.3) is 6.08 Å². The maximum atomic E-state index is 11.5. The molecule has 1 aliphatic rings. The minimum atomic E-state index is 0.432. The Kier molecular flexibility index (Phi) is 4.13. The van der Waals surface area contributed by atoms with E-state index in [1.807, 2.05) is 0 Å². The summed E-state index contributed by atoms with van der Waals surface area (Å²) < 4.78 is 0. The Bertz CT molecular complexity index is 400. The largest absolute Gasteiger partial charge is 0.300 e. The number of Topliss-reactive ketones (excluding diaryl/α,β-unsaturated/α-hetero) is 1. The van der Waals surface area contributed by atoms with Gasteiger partial charge in [0.1, 0.15) is 5.78 Å². The zero-order chi connectivity index (χ0) is 12.1. The van der Waals surface area contributed by atoms with Gasteiger partial charge in [0.15, 0.2) is 0 Å². The fraction of sp³-hybridized carbons (Fsp3) is 0.438. The highest BCUT2D eigenvalue weighted by molar-refractivity contribution is 5.79. The zero-order valence-corrected chi connectivity index (χ0v) is 10.5. The molecule has 0 bridgehead atoms. The highest BCUT2D eigenvalue weighted by Gasteiger charge is 2.14. The molecule has 0 N–H and O–H groups in total. The Hall–Kier alpha value is -1.37. The quantitative estimate of drug-likeness (QED) is 0.695. The molecule has 1 nitrogen and oxygen atoms in total. The molecule has 0 heterocycles. The van der Waals surface area contributed by atoms with E-state index in [1.54, 1.807) is 0 Å². The van der Waals surface area contributed by atoms with E-state index in [0.29, 0.717) is 11.7 Å². The summed E-state index contributed by atoms with van der Waals surface area (Å²) >= 11 is 0. The topological polar surface area (TPSA) is 17.1 Å². The Morgan fingerprint density at radius 1 is 1.18 bits per heavy atom. The van der Waals surface area contributed by atoms with E-state index in [9.17, 15) is 4.79 Å². The van der Waals surface area contributed by atoms with Crippen molar-refractivity contribution >= 4 is 11.9 Å². The van der Waals surface area contributed by atoms with E-state index in [4.69, 9.17) is 0 Å². The van der Waals surface area contributed by atoms with Crippen LogP contribution in [-0.2, 0) is 4.79 Å². The lowest BCUT2D eigenvalue weighted by atomic mass is 9.98. The van der Waals surface area contributed by atoms with E-state index in [1.165, 1.54) is 17.5 Å². The van der Waals surface area contributed by atoms with Crippen molar-refractivity contribution in [3.05, 3.63) is 41.5 Å². The molecule has 0 amide bonds. The molecule has 1 saturated carbocycles. The van der Waals surface area contributed by atoms with Crippen molar-refractivity contribution in [3.63, 3.8) is 0 Å². The van der Waals surface area contributed by atoms with Gasteiger partial charge in [0.2, 0.25) is 0 Å².